The van der Waals surface area contributed by atoms with Gasteiger partial charge in [-0.25, -0.2) is 9.98 Å². The predicted octanol–water partition coefficient (Wildman–Crippen LogP) is 3.68. The van der Waals surface area contributed by atoms with Crippen LogP contribution in [0.3, 0.4) is 0 Å². The van der Waals surface area contributed by atoms with Gasteiger partial charge in [0, 0.05) is 40.8 Å². The molecule has 3 N–H and O–H groups in total. The first-order chi connectivity index (χ1) is 18.1. The van der Waals surface area contributed by atoms with Gasteiger partial charge >= 0.3 is 0 Å². The van der Waals surface area contributed by atoms with Crippen LogP contribution in [0.25, 0.3) is 10.9 Å². The average molecular weight is 535 g/mol. The number of piperazine rings is 1. The molecule has 4 rings (SSSR count). The maximum absolute atomic E-state index is 12.9. The van der Waals surface area contributed by atoms with E-state index in [0.29, 0.717) is 22.1 Å². The lowest BCUT2D eigenvalue weighted by molar-refractivity contribution is -0.148. The largest absolute Gasteiger partial charge is 0.487 e. The summed E-state index contributed by atoms with van der Waals surface area (Å²) in [5.41, 5.74) is 10.3. The van der Waals surface area contributed by atoms with E-state index in [4.69, 9.17) is 27.1 Å². The SMILES string of the molecule is CN=C(N=CN)c1cc(C)nc2c(OCc3c(Cl)cc(C)cc3CN3C(=O)[C@@H](C)NC(=O)[C@H]3C)cccc12. The van der Waals surface area contributed by atoms with Gasteiger partial charge in [0.15, 0.2) is 5.84 Å². The minimum atomic E-state index is -0.596. The number of amidine groups is 1. The van der Waals surface area contributed by atoms with E-state index in [1.165, 1.54) is 6.34 Å². The maximum atomic E-state index is 12.9. The van der Waals surface area contributed by atoms with Gasteiger partial charge in [-0.2, -0.15) is 0 Å². The Morgan fingerprint density at radius 3 is 2.71 bits per heavy atom. The highest BCUT2D eigenvalue weighted by atomic mass is 35.5. The molecule has 9 nitrogen and oxygen atoms in total. The molecule has 10 heteroatoms. The first kappa shape index (κ1) is 27.1. The van der Waals surface area contributed by atoms with E-state index in [1.807, 2.05) is 50.2 Å². The molecule has 1 aliphatic heterocycles. The molecule has 38 heavy (non-hydrogen) atoms. The summed E-state index contributed by atoms with van der Waals surface area (Å²) in [5, 5.41) is 4.06. The molecule has 2 aromatic carbocycles. The van der Waals surface area contributed by atoms with Gasteiger partial charge in [0.1, 0.15) is 30.0 Å². The third-order valence-electron chi connectivity index (χ3n) is 6.58. The van der Waals surface area contributed by atoms with E-state index in [1.54, 1.807) is 25.8 Å². The smallest absolute Gasteiger partial charge is 0.245 e. The number of aryl methyl sites for hydroxylation is 2. The van der Waals surface area contributed by atoms with Crippen molar-refractivity contribution in [3.63, 3.8) is 0 Å². The van der Waals surface area contributed by atoms with Gasteiger partial charge in [0.25, 0.3) is 0 Å². The molecule has 2 amide bonds. The first-order valence-corrected chi connectivity index (χ1v) is 12.7. The number of carbonyl (C=O) groups is 2. The van der Waals surface area contributed by atoms with Crippen molar-refractivity contribution in [2.75, 3.05) is 7.05 Å². The van der Waals surface area contributed by atoms with E-state index < -0.39 is 12.1 Å². The Hall–Kier alpha value is -3.98. The fourth-order valence-electron chi connectivity index (χ4n) is 4.64. The number of benzene rings is 2. The minimum absolute atomic E-state index is 0.142. The number of pyridine rings is 1. The van der Waals surface area contributed by atoms with Crippen LogP contribution in [0.2, 0.25) is 5.02 Å². The molecule has 198 valence electrons. The van der Waals surface area contributed by atoms with Gasteiger partial charge in [-0.1, -0.05) is 29.8 Å². The maximum Gasteiger partial charge on any atom is 0.245 e. The minimum Gasteiger partial charge on any atom is -0.487 e. The van der Waals surface area contributed by atoms with E-state index in [2.05, 4.69) is 15.3 Å². The molecule has 1 fully saturated rings. The lowest BCUT2D eigenvalue weighted by Crippen LogP contribution is -2.61. The average Bonchev–Trinajstić information content (AvgIpc) is 2.87. The highest BCUT2D eigenvalue weighted by Gasteiger charge is 2.36. The van der Waals surface area contributed by atoms with Crippen molar-refractivity contribution < 1.29 is 14.3 Å². The summed E-state index contributed by atoms with van der Waals surface area (Å²) in [4.78, 5) is 40.0. The molecule has 1 aliphatic rings. The highest BCUT2D eigenvalue weighted by molar-refractivity contribution is 6.31. The predicted molar refractivity (Wildman–Crippen MR) is 150 cm³/mol. The molecule has 0 saturated carbocycles. The molecule has 1 aromatic heterocycles. The number of nitrogens with one attached hydrogen (secondary N) is 1. The zero-order chi connectivity index (χ0) is 27.6. The molecular weight excluding hydrogens is 504 g/mol. The van der Waals surface area contributed by atoms with Crippen molar-refractivity contribution in [1.29, 1.82) is 0 Å². The number of ether oxygens (including phenoxy) is 1. The summed E-state index contributed by atoms with van der Waals surface area (Å²) in [5.74, 6) is 0.729. The van der Waals surface area contributed by atoms with Crippen LogP contribution >= 0.6 is 11.6 Å². The van der Waals surface area contributed by atoms with Crippen molar-refractivity contribution >= 4 is 46.5 Å². The van der Waals surface area contributed by atoms with Gasteiger partial charge in [0.2, 0.25) is 11.8 Å². The number of rotatable bonds is 6. The summed E-state index contributed by atoms with van der Waals surface area (Å²) in [6.07, 6.45) is 1.21. The van der Waals surface area contributed by atoms with Gasteiger partial charge in [0.05, 0.1) is 6.34 Å². The van der Waals surface area contributed by atoms with Gasteiger partial charge in [-0.3, -0.25) is 14.6 Å². The molecule has 0 radical (unpaired) electrons. The molecule has 0 unspecified atom stereocenters. The number of aliphatic imine (C=N–C) groups is 2. The fraction of sp³-hybridized carbons (Fsp3) is 0.321. The second-order valence-electron chi connectivity index (χ2n) is 9.33. The molecule has 2 atom stereocenters. The summed E-state index contributed by atoms with van der Waals surface area (Å²) in [6, 6.07) is 10.2. The van der Waals surface area contributed by atoms with E-state index in [0.717, 1.165) is 33.3 Å². The highest BCUT2D eigenvalue weighted by Crippen LogP contribution is 2.31. The fourth-order valence-corrected chi connectivity index (χ4v) is 4.99. The first-order valence-electron chi connectivity index (χ1n) is 12.3. The monoisotopic (exact) mass is 534 g/mol. The lowest BCUT2D eigenvalue weighted by Gasteiger charge is -2.36. The number of hydrogen-bond acceptors (Lipinski definition) is 5. The lowest BCUT2D eigenvalue weighted by atomic mass is 10.0. The number of aromatic nitrogens is 1. The zero-order valence-corrected chi connectivity index (χ0v) is 22.8. The Morgan fingerprint density at radius 2 is 2.00 bits per heavy atom. The number of halogens is 1. The normalized spacial score (nSPS) is 18.4. The Kier molecular flexibility index (Phi) is 7.97. The van der Waals surface area contributed by atoms with Crippen LogP contribution in [0.15, 0.2) is 46.4 Å². The summed E-state index contributed by atoms with van der Waals surface area (Å²) >= 11 is 6.69. The van der Waals surface area contributed by atoms with Gasteiger partial charge in [-0.05, 0) is 57.0 Å². The zero-order valence-electron chi connectivity index (χ0n) is 22.1. The summed E-state index contributed by atoms with van der Waals surface area (Å²) in [7, 11) is 1.66. The van der Waals surface area contributed by atoms with Crippen LogP contribution < -0.4 is 15.8 Å². The third-order valence-corrected chi connectivity index (χ3v) is 6.92. The van der Waals surface area contributed by atoms with Crippen molar-refractivity contribution in [3.05, 3.63) is 69.4 Å². The topological polar surface area (TPSA) is 122 Å². The van der Waals surface area contributed by atoms with E-state index in [-0.39, 0.29) is 25.0 Å². The summed E-state index contributed by atoms with van der Waals surface area (Å²) < 4.78 is 6.30. The standard InChI is InChI=1S/C28H31ClN6O3/c1-15-9-19(12-35-18(4)27(36)34-17(3)28(35)37)22(23(29)10-15)13-38-24-8-6-7-20-21(26(31-5)32-14-30)11-16(2)33-25(20)24/h6-11,14,17-18H,12-13H2,1-5H3,(H,34,36)(H2,30,31,32)/t17-,18-/m1/s1. The molecule has 0 spiro atoms. The Labute approximate surface area is 226 Å². The van der Waals surface area contributed by atoms with Gasteiger partial charge in [-0.15, -0.1) is 0 Å². The number of para-hydroxylation sites is 1. The van der Waals surface area contributed by atoms with Crippen molar-refractivity contribution in [2.24, 2.45) is 15.7 Å². The number of hydrogen-bond donors (Lipinski definition) is 2. The van der Waals surface area contributed by atoms with Crippen molar-refractivity contribution in [1.82, 2.24) is 15.2 Å². The molecule has 3 aromatic rings. The van der Waals surface area contributed by atoms with Crippen LogP contribution in [-0.2, 0) is 22.7 Å². The van der Waals surface area contributed by atoms with E-state index >= 15 is 0 Å². The second kappa shape index (κ2) is 11.2. The second-order valence-corrected chi connectivity index (χ2v) is 9.74. The van der Waals surface area contributed by atoms with E-state index in [9.17, 15) is 9.59 Å². The van der Waals surface area contributed by atoms with Gasteiger partial charge < -0.3 is 20.7 Å². The third kappa shape index (κ3) is 5.33. The summed E-state index contributed by atoms with van der Waals surface area (Å²) in [6.45, 7) is 7.61. The van der Waals surface area contributed by atoms with Crippen LogP contribution in [0.4, 0.5) is 0 Å². The van der Waals surface area contributed by atoms with Crippen LogP contribution in [0.5, 0.6) is 5.75 Å². The number of nitrogens with zero attached hydrogens (tertiary/aromatic N) is 4. The Morgan fingerprint density at radius 1 is 1.24 bits per heavy atom. The molecular formula is C28H31ClN6O3. The molecule has 1 saturated heterocycles. The number of fused-ring (bicyclic) bond motifs is 1. The quantitative estimate of drug-likeness (QED) is 0.369. The number of amides is 2. The van der Waals surface area contributed by atoms with Crippen LogP contribution in [0.1, 0.15) is 41.8 Å². The van der Waals surface area contributed by atoms with Crippen molar-refractivity contribution in [3.8, 4) is 5.75 Å². The molecule has 0 bridgehead atoms. The number of nitrogens with two attached hydrogens (primary N) is 1. The van der Waals surface area contributed by atoms with Crippen LogP contribution in [-0.4, -0.2) is 53.0 Å². The molecule has 2 heterocycles. The Bertz CT molecular complexity index is 1470. The van der Waals surface area contributed by atoms with Crippen molar-refractivity contribution in [2.45, 2.75) is 52.9 Å². The molecule has 0 aliphatic carbocycles. The van der Waals surface area contributed by atoms with Crippen LogP contribution in [0, 0.1) is 13.8 Å². The Balaban J connectivity index is 1.70. The number of carbonyl (C=O) groups excluding carboxylic acids is 2.